The quantitative estimate of drug-likeness (QED) is 0.696. The van der Waals surface area contributed by atoms with Crippen LogP contribution in [0.1, 0.15) is 0 Å². The average molecular weight is 357 g/mol. The van der Waals surface area contributed by atoms with Crippen molar-refractivity contribution < 1.29 is 0 Å². The Morgan fingerprint density at radius 1 is 1.00 bits per heavy atom. The molecule has 0 N–H and O–H groups in total. The number of benzene rings is 1. The van der Waals surface area contributed by atoms with E-state index in [-0.39, 0.29) is 10.3 Å². The maximum absolute atomic E-state index is 5.77. The van der Waals surface area contributed by atoms with Gasteiger partial charge in [0.25, 0.3) is 0 Å². The van der Waals surface area contributed by atoms with E-state index in [2.05, 4.69) is 41.8 Å². The van der Waals surface area contributed by atoms with Crippen molar-refractivity contribution in [2.24, 2.45) is 0 Å². The molecule has 1 aromatic carbocycles. The van der Waals surface area contributed by atoms with Crippen molar-refractivity contribution in [2.45, 2.75) is 0 Å². The van der Waals surface area contributed by atoms with Crippen molar-refractivity contribution in [1.82, 2.24) is 9.97 Å². The van der Waals surface area contributed by atoms with Crippen LogP contribution in [0.5, 0.6) is 0 Å². The molecular formula is C8H2Br2Cl2N2. The molecule has 0 bridgehead atoms. The van der Waals surface area contributed by atoms with Crippen molar-refractivity contribution in [3.63, 3.8) is 0 Å². The fraction of sp³-hybridized carbons (Fsp3) is 0. The Bertz CT molecular complexity index is 516. The third kappa shape index (κ3) is 1.76. The van der Waals surface area contributed by atoms with Crippen LogP contribution in [0.3, 0.4) is 0 Å². The predicted octanol–water partition coefficient (Wildman–Crippen LogP) is 4.46. The largest absolute Gasteiger partial charge is 0.231 e. The van der Waals surface area contributed by atoms with E-state index in [1.54, 1.807) is 0 Å². The normalized spacial score (nSPS) is 10.9. The van der Waals surface area contributed by atoms with Gasteiger partial charge in [-0.3, -0.25) is 0 Å². The number of hydrogen-bond donors (Lipinski definition) is 0. The molecule has 0 spiro atoms. The Balaban J connectivity index is 2.89. The van der Waals surface area contributed by atoms with Crippen molar-refractivity contribution in [3.8, 4) is 0 Å². The minimum Gasteiger partial charge on any atom is -0.231 e. The SMILES string of the molecule is Clc1nc2ccc(Br)c(Br)c2nc1Cl. The Hall–Kier alpha value is 0.1000. The van der Waals surface area contributed by atoms with Crippen molar-refractivity contribution in [2.75, 3.05) is 0 Å². The number of nitrogens with zero attached hydrogens (tertiary/aromatic N) is 2. The molecule has 2 nitrogen and oxygen atoms in total. The van der Waals surface area contributed by atoms with Crippen LogP contribution in [0.2, 0.25) is 10.3 Å². The van der Waals surface area contributed by atoms with E-state index in [1.165, 1.54) is 0 Å². The molecule has 2 aromatic rings. The molecule has 0 saturated carbocycles. The summed E-state index contributed by atoms with van der Waals surface area (Å²) in [7, 11) is 0. The minimum absolute atomic E-state index is 0.206. The summed E-state index contributed by atoms with van der Waals surface area (Å²) in [5.41, 5.74) is 1.39. The second kappa shape index (κ2) is 3.93. The number of fused-ring (bicyclic) bond motifs is 1. The van der Waals surface area contributed by atoms with Crippen molar-refractivity contribution in [1.29, 1.82) is 0 Å². The molecule has 14 heavy (non-hydrogen) atoms. The summed E-state index contributed by atoms with van der Waals surface area (Å²) in [6, 6.07) is 3.69. The Kier molecular flexibility index (Phi) is 2.98. The van der Waals surface area contributed by atoms with Gasteiger partial charge in [-0.2, -0.15) is 0 Å². The van der Waals surface area contributed by atoms with Gasteiger partial charge in [0.15, 0.2) is 10.3 Å². The first-order valence-corrected chi connectivity index (χ1v) is 5.90. The van der Waals surface area contributed by atoms with E-state index in [0.717, 1.165) is 8.95 Å². The van der Waals surface area contributed by atoms with Crippen LogP contribution >= 0.6 is 55.1 Å². The lowest BCUT2D eigenvalue weighted by molar-refractivity contribution is 1.28. The first kappa shape index (κ1) is 10.6. The molecule has 2 rings (SSSR count). The van der Waals surface area contributed by atoms with Crippen LogP contribution in [0.4, 0.5) is 0 Å². The first-order chi connectivity index (χ1) is 6.59. The van der Waals surface area contributed by atoms with Gasteiger partial charge in [0.1, 0.15) is 5.52 Å². The fourth-order valence-electron chi connectivity index (χ4n) is 1.02. The van der Waals surface area contributed by atoms with E-state index in [0.29, 0.717) is 11.0 Å². The number of hydrogen-bond acceptors (Lipinski definition) is 2. The highest BCUT2D eigenvalue weighted by atomic mass is 79.9. The first-order valence-electron chi connectivity index (χ1n) is 3.56. The molecule has 1 aromatic heterocycles. The lowest BCUT2D eigenvalue weighted by atomic mass is 10.3. The zero-order chi connectivity index (χ0) is 10.3. The smallest absolute Gasteiger partial charge is 0.167 e. The Morgan fingerprint density at radius 2 is 1.64 bits per heavy atom. The van der Waals surface area contributed by atoms with E-state index in [1.807, 2.05) is 12.1 Å². The molecule has 0 aliphatic carbocycles. The van der Waals surface area contributed by atoms with Crippen LogP contribution < -0.4 is 0 Å². The highest BCUT2D eigenvalue weighted by Crippen LogP contribution is 2.31. The zero-order valence-electron chi connectivity index (χ0n) is 6.56. The summed E-state index contributed by atoms with van der Waals surface area (Å²) in [5.74, 6) is 0. The van der Waals surface area contributed by atoms with Gasteiger partial charge in [0.05, 0.1) is 9.99 Å². The maximum atomic E-state index is 5.77. The number of aromatic nitrogens is 2. The van der Waals surface area contributed by atoms with Gasteiger partial charge in [-0.25, -0.2) is 9.97 Å². The van der Waals surface area contributed by atoms with Crippen molar-refractivity contribution >= 4 is 66.1 Å². The zero-order valence-corrected chi connectivity index (χ0v) is 11.2. The molecule has 0 fully saturated rings. The van der Waals surface area contributed by atoms with E-state index in [4.69, 9.17) is 23.2 Å². The van der Waals surface area contributed by atoms with Gasteiger partial charge in [-0.1, -0.05) is 23.2 Å². The Labute approximate surface area is 107 Å². The molecule has 0 saturated heterocycles. The molecule has 1 heterocycles. The molecule has 0 radical (unpaired) electrons. The van der Waals surface area contributed by atoms with Gasteiger partial charge in [-0.15, -0.1) is 0 Å². The van der Waals surface area contributed by atoms with Crippen molar-refractivity contribution in [3.05, 3.63) is 31.4 Å². The third-order valence-corrected chi connectivity index (χ3v) is 4.27. The van der Waals surface area contributed by atoms with Gasteiger partial charge < -0.3 is 0 Å². The summed E-state index contributed by atoms with van der Waals surface area (Å²) in [6.07, 6.45) is 0. The molecule has 0 aliphatic heterocycles. The number of halogens is 4. The molecule has 0 aliphatic rings. The van der Waals surface area contributed by atoms with Gasteiger partial charge in [-0.05, 0) is 44.0 Å². The fourth-order valence-corrected chi connectivity index (χ4v) is 2.03. The molecule has 0 unspecified atom stereocenters. The lowest BCUT2D eigenvalue weighted by Crippen LogP contribution is -1.88. The maximum Gasteiger partial charge on any atom is 0.167 e. The van der Waals surface area contributed by atoms with Crippen LogP contribution in [0.15, 0.2) is 21.1 Å². The van der Waals surface area contributed by atoms with E-state index < -0.39 is 0 Å². The van der Waals surface area contributed by atoms with Gasteiger partial charge in [0.2, 0.25) is 0 Å². The standard InChI is InChI=1S/C8H2Br2Cl2N2/c9-3-1-2-4-6(5(3)10)14-8(12)7(11)13-4/h1-2H. The van der Waals surface area contributed by atoms with Gasteiger partial charge >= 0.3 is 0 Å². The highest BCUT2D eigenvalue weighted by Gasteiger charge is 2.09. The Morgan fingerprint density at radius 3 is 2.36 bits per heavy atom. The van der Waals surface area contributed by atoms with E-state index in [9.17, 15) is 0 Å². The van der Waals surface area contributed by atoms with Gasteiger partial charge in [0, 0.05) is 4.47 Å². The molecular weight excluding hydrogens is 355 g/mol. The lowest BCUT2D eigenvalue weighted by Gasteiger charge is -2.02. The summed E-state index contributed by atoms with van der Waals surface area (Å²) in [6.45, 7) is 0. The summed E-state index contributed by atoms with van der Waals surface area (Å²) >= 11 is 18.3. The van der Waals surface area contributed by atoms with Crippen LogP contribution in [0.25, 0.3) is 11.0 Å². The molecule has 72 valence electrons. The molecule has 0 amide bonds. The monoisotopic (exact) mass is 354 g/mol. The van der Waals surface area contributed by atoms with Crippen LogP contribution in [0, 0.1) is 0 Å². The molecule has 6 heteroatoms. The third-order valence-electron chi connectivity index (χ3n) is 1.65. The van der Waals surface area contributed by atoms with Crippen LogP contribution in [-0.4, -0.2) is 9.97 Å². The minimum atomic E-state index is 0.206. The second-order valence-electron chi connectivity index (χ2n) is 2.53. The highest BCUT2D eigenvalue weighted by molar-refractivity contribution is 9.13. The average Bonchev–Trinajstić information content (AvgIpc) is 2.15. The summed E-state index contributed by atoms with van der Waals surface area (Å²) in [4.78, 5) is 8.23. The predicted molar refractivity (Wildman–Crippen MR) is 65.0 cm³/mol. The topological polar surface area (TPSA) is 25.8 Å². The van der Waals surface area contributed by atoms with Crippen LogP contribution in [-0.2, 0) is 0 Å². The van der Waals surface area contributed by atoms with E-state index >= 15 is 0 Å². The second-order valence-corrected chi connectivity index (χ2v) is 4.90. The molecule has 0 atom stereocenters. The number of rotatable bonds is 0. The summed E-state index contributed by atoms with van der Waals surface area (Å²) < 4.78 is 1.72. The summed E-state index contributed by atoms with van der Waals surface area (Å²) in [5, 5.41) is 0.423.